The fraction of sp³-hybridized carbons (Fsp3) is 0.300. The molecule has 3 unspecified atom stereocenters. The van der Waals surface area contributed by atoms with Crippen molar-refractivity contribution in [3.05, 3.63) is 54.2 Å². The van der Waals surface area contributed by atoms with Crippen LogP contribution in [-0.4, -0.2) is 67.7 Å². The zero-order valence-electron chi connectivity index (χ0n) is 16.5. The molecule has 2 heterocycles. The number of hydrogen-bond acceptors (Lipinski definition) is 6. The van der Waals surface area contributed by atoms with Gasteiger partial charge in [0.2, 0.25) is 11.8 Å². The minimum atomic E-state index is -1.49. The number of para-hydroxylation sites is 1. The number of H-pyrrole nitrogens is 2. The minimum absolute atomic E-state index is 0.0934. The van der Waals surface area contributed by atoms with E-state index in [1.165, 1.54) is 6.33 Å². The molecule has 31 heavy (non-hydrogen) atoms. The van der Waals surface area contributed by atoms with E-state index in [1.54, 1.807) is 12.4 Å². The third-order valence-electron chi connectivity index (χ3n) is 4.86. The first kappa shape index (κ1) is 22.0. The van der Waals surface area contributed by atoms with Gasteiger partial charge in [-0.1, -0.05) is 18.2 Å². The van der Waals surface area contributed by atoms with Crippen LogP contribution in [0.15, 0.2) is 43.0 Å². The van der Waals surface area contributed by atoms with Crippen molar-refractivity contribution in [1.82, 2.24) is 25.6 Å². The van der Waals surface area contributed by atoms with Crippen molar-refractivity contribution in [3.63, 3.8) is 0 Å². The molecule has 2 aromatic heterocycles. The third-order valence-corrected chi connectivity index (χ3v) is 4.86. The molecule has 2 amide bonds. The van der Waals surface area contributed by atoms with Crippen LogP contribution in [0.4, 0.5) is 0 Å². The maximum atomic E-state index is 12.8. The number of aliphatic carboxylic acids is 1. The summed E-state index contributed by atoms with van der Waals surface area (Å²) in [6, 6.07) is 3.91. The Hall–Kier alpha value is -3.70. The van der Waals surface area contributed by atoms with E-state index in [2.05, 4.69) is 25.6 Å². The third kappa shape index (κ3) is 5.47. The fourth-order valence-corrected chi connectivity index (χ4v) is 3.19. The molecular formula is C20H24N6O5. The summed E-state index contributed by atoms with van der Waals surface area (Å²) in [6.07, 6.45) is 5.01. The van der Waals surface area contributed by atoms with E-state index < -0.39 is 42.5 Å². The molecule has 164 valence electrons. The molecule has 0 aliphatic heterocycles. The summed E-state index contributed by atoms with van der Waals surface area (Å²) in [5.74, 6) is -2.71. The first-order chi connectivity index (χ1) is 14.9. The number of carbonyl (C=O) groups excluding carboxylic acids is 2. The van der Waals surface area contributed by atoms with Gasteiger partial charge in [-0.2, -0.15) is 0 Å². The van der Waals surface area contributed by atoms with Crippen molar-refractivity contribution in [2.75, 3.05) is 6.61 Å². The Labute approximate surface area is 177 Å². The normalized spacial score (nSPS) is 14.0. The highest BCUT2D eigenvalue weighted by Crippen LogP contribution is 2.19. The number of carbonyl (C=O) groups is 3. The number of benzene rings is 1. The molecule has 8 N–H and O–H groups in total. The number of aliphatic hydroxyl groups excluding tert-OH is 1. The summed E-state index contributed by atoms with van der Waals surface area (Å²) in [4.78, 5) is 46.4. The topological polar surface area (TPSA) is 186 Å². The predicted octanol–water partition coefficient (Wildman–Crippen LogP) is -0.950. The Kier molecular flexibility index (Phi) is 7.00. The minimum Gasteiger partial charge on any atom is -0.480 e. The second-order valence-corrected chi connectivity index (χ2v) is 7.09. The number of amides is 2. The number of aliphatic hydroxyl groups is 1. The summed E-state index contributed by atoms with van der Waals surface area (Å²) in [5.41, 5.74) is 8.24. The van der Waals surface area contributed by atoms with Crippen LogP contribution in [0.25, 0.3) is 10.9 Å². The van der Waals surface area contributed by atoms with Crippen LogP contribution in [0.1, 0.15) is 11.3 Å². The van der Waals surface area contributed by atoms with Gasteiger partial charge in [-0.05, 0) is 11.6 Å². The molecule has 0 aliphatic rings. The van der Waals surface area contributed by atoms with Crippen LogP contribution in [0.3, 0.4) is 0 Å². The monoisotopic (exact) mass is 428 g/mol. The molecule has 1 aromatic carbocycles. The van der Waals surface area contributed by atoms with Gasteiger partial charge >= 0.3 is 5.97 Å². The number of aromatic amines is 2. The van der Waals surface area contributed by atoms with Gasteiger partial charge in [0, 0.05) is 41.8 Å². The van der Waals surface area contributed by atoms with Crippen molar-refractivity contribution in [3.8, 4) is 0 Å². The highest BCUT2D eigenvalue weighted by molar-refractivity contribution is 5.93. The van der Waals surface area contributed by atoms with E-state index in [1.807, 2.05) is 24.3 Å². The number of nitrogens with two attached hydrogens (primary N) is 1. The lowest BCUT2D eigenvalue weighted by Gasteiger charge is -2.22. The van der Waals surface area contributed by atoms with E-state index in [9.17, 15) is 19.5 Å². The van der Waals surface area contributed by atoms with Crippen LogP contribution in [-0.2, 0) is 27.2 Å². The summed E-state index contributed by atoms with van der Waals surface area (Å²) < 4.78 is 0. The van der Waals surface area contributed by atoms with Crippen molar-refractivity contribution >= 4 is 28.7 Å². The van der Waals surface area contributed by atoms with Crippen LogP contribution >= 0.6 is 0 Å². The van der Waals surface area contributed by atoms with E-state index in [0.29, 0.717) is 5.69 Å². The molecule has 0 aliphatic carbocycles. The standard InChI is InChI=1S/C20H24N6O5/c21-14(6-12-8-22-10-24-12)18(28)25-16(19(29)26-17(9-27)20(30)31)5-11-7-23-15-4-2-1-3-13(11)15/h1-4,7-8,10,14,16-17,23,27H,5-6,9,21H2,(H,22,24)(H,25,28)(H,26,29)(H,30,31). The quantitative estimate of drug-likeness (QED) is 0.217. The highest BCUT2D eigenvalue weighted by atomic mass is 16.4. The maximum absolute atomic E-state index is 12.8. The van der Waals surface area contributed by atoms with Gasteiger partial charge in [-0.3, -0.25) is 9.59 Å². The van der Waals surface area contributed by atoms with E-state index in [4.69, 9.17) is 10.8 Å². The molecule has 0 saturated carbocycles. The Balaban J connectivity index is 1.78. The lowest BCUT2D eigenvalue weighted by molar-refractivity contribution is -0.143. The number of carboxylic acids is 1. The second-order valence-electron chi connectivity index (χ2n) is 7.09. The number of imidazole rings is 1. The van der Waals surface area contributed by atoms with Crippen LogP contribution in [0.2, 0.25) is 0 Å². The lowest BCUT2D eigenvalue weighted by Crippen LogP contribution is -2.56. The molecular weight excluding hydrogens is 404 g/mol. The molecule has 3 aromatic rings. The maximum Gasteiger partial charge on any atom is 0.328 e. The van der Waals surface area contributed by atoms with Gasteiger partial charge in [0.05, 0.1) is 19.0 Å². The summed E-state index contributed by atoms with van der Waals surface area (Å²) in [7, 11) is 0. The number of aromatic nitrogens is 3. The van der Waals surface area contributed by atoms with Crippen molar-refractivity contribution in [2.24, 2.45) is 5.73 Å². The van der Waals surface area contributed by atoms with Crippen LogP contribution in [0.5, 0.6) is 0 Å². The van der Waals surface area contributed by atoms with Gasteiger partial charge < -0.3 is 36.5 Å². The van der Waals surface area contributed by atoms with Crippen molar-refractivity contribution in [1.29, 1.82) is 0 Å². The number of rotatable bonds is 10. The molecule has 11 nitrogen and oxygen atoms in total. The molecule has 3 rings (SSSR count). The number of nitrogens with zero attached hydrogens (tertiary/aromatic N) is 1. The number of carboxylic acid groups (broad SMARTS) is 1. The van der Waals surface area contributed by atoms with Crippen LogP contribution < -0.4 is 16.4 Å². The van der Waals surface area contributed by atoms with Crippen molar-refractivity contribution in [2.45, 2.75) is 31.0 Å². The molecule has 0 bridgehead atoms. The van der Waals surface area contributed by atoms with E-state index in [0.717, 1.165) is 16.5 Å². The second kappa shape index (κ2) is 9.87. The summed E-state index contributed by atoms with van der Waals surface area (Å²) >= 11 is 0. The Morgan fingerprint density at radius 1 is 1.06 bits per heavy atom. The average Bonchev–Trinajstić information content (AvgIpc) is 3.41. The smallest absolute Gasteiger partial charge is 0.328 e. The first-order valence-corrected chi connectivity index (χ1v) is 9.61. The van der Waals surface area contributed by atoms with Gasteiger partial charge in [0.25, 0.3) is 0 Å². The number of fused-ring (bicyclic) bond motifs is 1. The molecule has 0 spiro atoms. The van der Waals surface area contributed by atoms with Crippen LogP contribution in [0, 0.1) is 0 Å². The van der Waals surface area contributed by atoms with Gasteiger partial charge in [0.15, 0.2) is 0 Å². The first-order valence-electron chi connectivity index (χ1n) is 9.61. The van der Waals surface area contributed by atoms with Gasteiger partial charge in [0.1, 0.15) is 12.1 Å². The Bertz CT molecular complexity index is 1050. The zero-order chi connectivity index (χ0) is 22.4. The zero-order valence-corrected chi connectivity index (χ0v) is 16.5. The Morgan fingerprint density at radius 3 is 2.48 bits per heavy atom. The highest BCUT2D eigenvalue weighted by Gasteiger charge is 2.28. The largest absolute Gasteiger partial charge is 0.480 e. The molecule has 3 atom stereocenters. The van der Waals surface area contributed by atoms with E-state index in [-0.39, 0.29) is 12.8 Å². The SMILES string of the molecule is NC(Cc1cnc[nH]1)C(=O)NC(Cc1c[nH]c2ccccc12)C(=O)NC(CO)C(=O)O. The molecule has 0 saturated heterocycles. The average molecular weight is 428 g/mol. The van der Waals surface area contributed by atoms with Gasteiger partial charge in [-0.25, -0.2) is 9.78 Å². The predicted molar refractivity (Wildman–Crippen MR) is 111 cm³/mol. The molecule has 0 radical (unpaired) electrons. The summed E-state index contributed by atoms with van der Waals surface area (Å²) in [6.45, 7) is -0.784. The van der Waals surface area contributed by atoms with Crippen molar-refractivity contribution < 1.29 is 24.6 Å². The number of hydrogen-bond donors (Lipinski definition) is 7. The Morgan fingerprint density at radius 2 is 1.81 bits per heavy atom. The van der Waals surface area contributed by atoms with Gasteiger partial charge in [-0.15, -0.1) is 0 Å². The summed E-state index contributed by atoms with van der Waals surface area (Å²) in [5, 5.41) is 24.1. The fourth-order valence-electron chi connectivity index (χ4n) is 3.19. The molecule has 0 fully saturated rings. The molecule has 11 heteroatoms. The number of nitrogens with one attached hydrogen (secondary N) is 4. The van der Waals surface area contributed by atoms with E-state index >= 15 is 0 Å². The lowest BCUT2D eigenvalue weighted by atomic mass is 10.0.